The third-order valence-corrected chi connectivity index (χ3v) is 2.82. The normalized spacial score (nSPS) is 23.4. The second kappa shape index (κ2) is 4.84. The first-order valence-electron chi connectivity index (χ1n) is 5.69. The van der Waals surface area contributed by atoms with Crippen molar-refractivity contribution in [1.82, 2.24) is 0 Å². The lowest BCUT2D eigenvalue weighted by Gasteiger charge is -2.34. The molecule has 17 heavy (non-hydrogen) atoms. The molecule has 0 spiro atoms. The maximum Gasteiger partial charge on any atom is 0.169 e. The largest absolute Gasteiger partial charge is 0.487 e. The summed E-state index contributed by atoms with van der Waals surface area (Å²) >= 11 is 0. The van der Waals surface area contributed by atoms with Gasteiger partial charge >= 0.3 is 0 Å². The van der Waals surface area contributed by atoms with E-state index in [0.29, 0.717) is 24.3 Å². The molecule has 1 aliphatic carbocycles. The molecule has 1 aromatic carbocycles. The van der Waals surface area contributed by atoms with E-state index in [4.69, 9.17) is 9.47 Å². The van der Waals surface area contributed by atoms with Gasteiger partial charge in [-0.15, -0.1) is 0 Å². The van der Waals surface area contributed by atoms with E-state index >= 15 is 0 Å². The molecule has 1 aliphatic rings. The summed E-state index contributed by atoms with van der Waals surface area (Å²) in [6, 6.07) is 4.55. The van der Waals surface area contributed by atoms with Crippen molar-refractivity contribution >= 4 is 5.78 Å². The lowest BCUT2D eigenvalue weighted by atomic mass is 9.90. The second-order valence-corrected chi connectivity index (χ2v) is 4.11. The van der Waals surface area contributed by atoms with E-state index in [2.05, 4.69) is 0 Å². The monoisotopic (exact) mass is 238 g/mol. The molecule has 0 bridgehead atoms. The Morgan fingerprint density at radius 2 is 2.24 bits per heavy atom. The number of Topliss-reactive ketones (excluding diaryl/α,β-unsaturated/α-hetero) is 1. The summed E-state index contributed by atoms with van der Waals surface area (Å²) in [7, 11) is 0. The third-order valence-electron chi connectivity index (χ3n) is 2.82. The van der Waals surface area contributed by atoms with Gasteiger partial charge in [-0.3, -0.25) is 4.79 Å². The van der Waals surface area contributed by atoms with Crippen molar-refractivity contribution < 1.29 is 18.7 Å². The lowest BCUT2D eigenvalue weighted by Crippen LogP contribution is -2.52. The first kappa shape index (κ1) is 12.0. The van der Waals surface area contributed by atoms with Crippen LogP contribution in [0.3, 0.4) is 0 Å². The minimum absolute atomic E-state index is 0.0654. The molecule has 0 N–H and O–H groups in total. The van der Waals surface area contributed by atoms with Gasteiger partial charge in [0.2, 0.25) is 0 Å². The Kier molecular flexibility index (Phi) is 3.43. The molecule has 0 aromatic heterocycles. The third kappa shape index (κ3) is 2.47. The molecule has 92 valence electrons. The number of carbonyl (C=O) groups is 1. The van der Waals surface area contributed by atoms with Gasteiger partial charge in [0, 0.05) is 13.0 Å². The molecule has 0 radical (unpaired) electrons. The van der Waals surface area contributed by atoms with Crippen LogP contribution in [-0.2, 0) is 9.53 Å². The van der Waals surface area contributed by atoms with Gasteiger partial charge in [-0.2, -0.15) is 0 Å². The van der Waals surface area contributed by atoms with E-state index in [1.54, 1.807) is 19.1 Å². The average molecular weight is 238 g/mol. The fraction of sp³-hybridized carbons (Fsp3) is 0.462. The smallest absolute Gasteiger partial charge is 0.169 e. The van der Waals surface area contributed by atoms with E-state index in [-0.39, 0.29) is 17.7 Å². The van der Waals surface area contributed by atoms with Crippen LogP contribution in [0.2, 0.25) is 0 Å². The van der Waals surface area contributed by atoms with Gasteiger partial charge in [-0.05, 0) is 37.6 Å². The highest BCUT2D eigenvalue weighted by Crippen LogP contribution is 2.26. The number of hydrogen-bond acceptors (Lipinski definition) is 3. The van der Waals surface area contributed by atoms with Crippen LogP contribution in [0.4, 0.5) is 4.39 Å². The highest BCUT2D eigenvalue weighted by atomic mass is 19.1. The minimum Gasteiger partial charge on any atom is -0.487 e. The van der Waals surface area contributed by atoms with Crippen LogP contribution in [-0.4, -0.2) is 24.6 Å². The molecule has 1 fully saturated rings. The van der Waals surface area contributed by atoms with Gasteiger partial charge < -0.3 is 9.47 Å². The van der Waals surface area contributed by atoms with Gasteiger partial charge in [0.25, 0.3) is 0 Å². The summed E-state index contributed by atoms with van der Waals surface area (Å²) in [5.74, 6) is 0.380. The van der Waals surface area contributed by atoms with Crippen LogP contribution in [0.15, 0.2) is 18.2 Å². The van der Waals surface area contributed by atoms with Gasteiger partial charge in [-0.25, -0.2) is 4.39 Å². The Labute approximate surface area is 99.5 Å². The molecule has 0 amide bonds. The predicted molar refractivity (Wildman–Crippen MR) is 60.6 cm³/mol. The predicted octanol–water partition coefficient (Wildman–Crippen LogP) is 2.26. The van der Waals surface area contributed by atoms with E-state index in [9.17, 15) is 9.18 Å². The molecule has 1 aromatic rings. The van der Waals surface area contributed by atoms with Crippen molar-refractivity contribution in [3.63, 3.8) is 0 Å². The molecular weight excluding hydrogens is 223 g/mol. The van der Waals surface area contributed by atoms with Gasteiger partial charge in [0.1, 0.15) is 17.7 Å². The fourth-order valence-corrected chi connectivity index (χ4v) is 1.82. The number of carbonyl (C=O) groups excluding carboxylic acids is 1. The zero-order valence-electron chi connectivity index (χ0n) is 9.90. The van der Waals surface area contributed by atoms with Crippen molar-refractivity contribution in [2.45, 2.75) is 32.5 Å². The van der Waals surface area contributed by atoms with Crippen molar-refractivity contribution in [2.24, 2.45) is 0 Å². The average Bonchev–Trinajstić information content (AvgIpc) is 2.30. The maximum absolute atomic E-state index is 13.1. The SMILES string of the molecule is CCOC1C(=O)CC1Oc1ccc(F)c(C)c1. The summed E-state index contributed by atoms with van der Waals surface area (Å²) in [6.45, 7) is 4.00. The molecule has 2 unspecified atom stereocenters. The van der Waals surface area contributed by atoms with Crippen LogP contribution < -0.4 is 4.74 Å². The van der Waals surface area contributed by atoms with E-state index in [1.807, 2.05) is 6.92 Å². The Bertz CT molecular complexity index is 431. The molecule has 4 heteroatoms. The Morgan fingerprint density at radius 3 is 2.82 bits per heavy atom. The van der Waals surface area contributed by atoms with Gasteiger partial charge in [0.15, 0.2) is 11.9 Å². The lowest BCUT2D eigenvalue weighted by molar-refractivity contribution is -0.154. The van der Waals surface area contributed by atoms with Crippen molar-refractivity contribution in [1.29, 1.82) is 0 Å². The van der Waals surface area contributed by atoms with Crippen LogP contribution >= 0.6 is 0 Å². The zero-order chi connectivity index (χ0) is 12.4. The first-order valence-corrected chi connectivity index (χ1v) is 5.69. The van der Waals surface area contributed by atoms with Gasteiger partial charge in [-0.1, -0.05) is 0 Å². The maximum atomic E-state index is 13.1. The Morgan fingerprint density at radius 1 is 1.47 bits per heavy atom. The standard InChI is InChI=1S/C13H15FO3/c1-3-16-13-11(15)7-12(13)17-9-4-5-10(14)8(2)6-9/h4-6,12-13H,3,7H2,1-2H3. The fourth-order valence-electron chi connectivity index (χ4n) is 1.82. The van der Waals surface area contributed by atoms with Crippen molar-refractivity contribution in [3.8, 4) is 5.75 Å². The number of halogens is 1. The molecule has 3 nitrogen and oxygen atoms in total. The number of hydrogen-bond donors (Lipinski definition) is 0. The van der Waals surface area contributed by atoms with Crippen LogP contribution in [0.25, 0.3) is 0 Å². The number of ether oxygens (including phenoxy) is 2. The highest BCUT2D eigenvalue weighted by molar-refractivity contribution is 5.90. The minimum atomic E-state index is -0.467. The summed E-state index contributed by atoms with van der Waals surface area (Å²) in [5.41, 5.74) is 0.529. The molecule has 1 saturated carbocycles. The first-order chi connectivity index (χ1) is 8.11. The van der Waals surface area contributed by atoms with E-state index in [0.717, 1.165) is 0 Å². The summed E-state index contributed by atoms with van der Waals surface area (Å²) in [4.78, 5) is 11.3. The van der Waals surface area contributed by atoms with Crippen molar-refractivity contribution in [3.05, 3.63) is 29.6 Å². The second-order valence-electron chi connectivity index (χ2n) is 4.11. The molecule has 0 aliphatic heterocycles. The quantitative estimate of drug-likeness (QED) is 0.807. The number of rotatable bonds is 4. The van der Waals surface area contributed by atoms with Crippen molar-refractivity contribution in [2.75, 3.05) is 6.61 Å². The zero-order valence-corrected chi connectivity index (χ0v) is 9.90. The summed E-state index contributed by atoms with van der Waals surface area (Å²) in [5, 5.41) is 0. The van der Waals surface area contributed by atoms with Crippen LogP contribution in [0.5, 0.6) is 5.75 Å². The molecule has 0 heterocycles. The van der Waals surface area contributed by atoms with Gasteiger partial charge in [0.05, 0.1) is 0 Å². The highest BCUT2D eigenvalue weighted by Gasteiger charge is 2.42. The number of benzene rings is 1. The molecule has 2 atom stereocenters. The molecular formula is C13H15FO3. The Balaban J connectivity index is 2.01. The number of ketones is 1. The van der Waals surface area contributed by atoms with Crippen LogP contribution in [0.1, 0.15) is 18.9 Å². The molecule has 0 saturated heterocycles. The van der Waals surface area contributed by atoms with Crippen LogP contribution in [0, 0.1) is 12.7 Å². The summed E-state index contributed by atoms with van der Waals surface area (Å²) in [6.07, 6.45) is -0.348. The Hall–Kier alpha value is -1.42. The number of aryl methyl sites for hydroxylation is 1. The topological polar surface area (TPSA) is 35.5 Å². The summed E-state index contributed by atoms with van der Waals surface area (Å²) < 4.78 is 23.9. The van der Waals surface area contributed by atoms with E-state index in [1.165, 1.54) is 6.07 Å². The molecule has 2 rings (SSSR count). The van der Waals surface area contributed by atoms with E-state index < -0.39 is 6.10 Å².